The zero-order chi connectivity index (χ0) is 10.8. The molecule has 1 nitrogen and oxygen atoms in total. The fourth-order valence-electron chi connectivity index (χ4n) is 2.09. The molecular formula is C12H15Cl2N. The zero-order valence-corrected chi connectivity index (χ0v) is 10.3. The molecule has 15 heavy (non-hydrogen) atoms. The SMILES string of the molecule is CC1CCNC(c2ccc(Cl)c(Cl)c2)C1. The standard InChI is InChI=1S/C12H15Cl2N/c1-8-4-5-15-12(6-8)9-2-3-10(13)11(14)7-9/h2-3,7-8,12,15H,4-6H2,1H3. The molecule has 1 aliphatic rings. The summed E-state index contributed by atoms with van der Waals surface area (Å²) in [5.74, 6) is 0.783. The normalized spacial score (nSPS) is 26.6. The highest BCUT2D eigenvalue weighted by atomic mass is 35.5. The molecule has 82 valence electrons. The summed E-state index contributed by atoms with van der Waals surface area (Å²) >= 11 is 11.9. The van der Waals surface area contributed by atoms with Crippen molar-refractivity contribution in [3.05, 3.63) is 33.8 Å². The van der Waals surface area contributed by atoms with Crippen LogP contribution in [0.4, 0.5) is 0 Å². The van der Waals surface area contributed by atoms with E-state index in [0.29, 0.717) is 16.1 Å². The molecule has 1 aromatic rings. The van der Waals surface area contributed by atoms with Crippen molar-refractivity contribution in [2.45, 2.75) is 25.8 Å². The molecule has 1 aromatic carbocycles. The van der Waals surface area contributed by atoms with E-state index in [1.54, 1.807) is 0 Å². The van der Waals surface area contributed by atoms with Gasteiger partial charge in [0.1, 0.15) is 0 Å². The van der Waals surface area contributed by atoms with Gasteiger partial charge in [0.2, 0.25) is 0 Å². The van der Waals surface area contributed by atoms with Crippen LogP contribution in [0.3, 0.4) is 0 Å². The van der Waals surface area contributed by atoms with Crippen molar-refractivity contribution < 1.29 is 0 Å². The predicted molar refractivity (Wildman–Crippen MR) is 65.6 cm³/mol. The van der Waals surface area contributed by atoms with Gasteiger partial charge in [0.05, 0.1) is 10.0 Å². The van der Waals surface area contributed by atoms with Crippen LogP contribution >= 0.6 is 23.2 Å². The summed E-state index contributed by atoms with van der Waals surface area (Å²) in [6, 6.07) is 6.34. The van der Waals surface area contributed by atoms with Crippen molar-refractivity contribution >= 4 is 23.2 Å². The number of halogens is 2. The number of piperidine rings is 1. The van der Waals surface area contributed by atoms with Crippen molar-refractivity contribution in [3.63, 3.8) is 0 Å². The van der Waals surface area contributed by atoms with Crippen LogP contribution in [0.1, 0.15) is 31.4 Å². The van der Waals surface area contributed by atoms with Gasteiger partial charge in [-0.15, -0.1) is 0 Å². The van der Waals surface area contributed by atoms with E-state index in [2.05, 4.69) is 18.3 Å². The van der Waals surface area contributed by atoms with Crippen LogP contribution in [-0.2, 0) is 0 Å². The molecule has 0 aromatic heterocycles. The lowest BCUT2D eigenvalue weighted by molar-refractivity contribution is 0.325. The van der Waals surface area contributed by atoms with Crippen molar-refractivity contribution in [2.24, 2.45) is 5.92 Å². The summed E-state index contributed by atoms with van der Waals surface area (Å²) in [4.78, 5) is 0. The van der Waals surface area contributed by atoms with E-state index in [1.807, 2.05) is 12.1 Å². The molecule has 1 saturated heterocycles. The summed E-state index contributed by atoms with van der Waals surface area (Å²) < 4.78 is 0. The molecule has 0 amide bonds. The molecule has 2 unspecified atom stereocenters. The van der Waals surface area contributed by atoms with Crippen LogP contribution in [0.5, 0.6) is 0 Å². The smallest absolute Gasteiger partial charge is 0.0595 e. The van der Waals surface area contributed by atoms with Gasteiger partial charge in [0.25, 0.3) is 0 Å². The first-order valence-corrected chi connectivity index (χ1v) is 6.10. The Hall–Kier alpha value is -0.240. The van der Waals surface area contributed by atoms with Crippen molar-refractivity contribution in [1.29, 1.82) is 0 Å². The van der Waals surface area contributed by atoms with Gasteiger partial charge in [-0.1, -0.05) is 36.2 Å². The van der Waals surface area contributed by atoms with E-state index in [-0.39, 0.29) is 0 Å². The van der Waals surface area contributed by atoms with E-state index in [0.717, 1.165) is 12.5 Å². The first kappa shape index (κ1) is 11.3. The molecule has 2 atom stereocenters. The maximum atomic E-state index is 6.01. The molecule has 1 fully saturated rings. The molecule has 1 aliphatic heterocycles. The fourth-order valence-corrected chi connectivity index (χ4v) is 2.40. The summed E-state index contributed by atoms with van der Waals surface area (Å²) in [7, 11) is 0. The molecule has 0 radical (unpaired) electrons. The van der Waals surface area contributed by atoms with Crippen LogP contribution in [0.2, 0.25) is 10.0 Å². The minimum absolute atomic E-state index is 0.434. The van der Waals surface area contributed by atoms with E-state index in [9.17, 15) is 0 Å². The maximum Gasteiger partial charge on any atom is 0.0595 e. The Labute approximate surface area is 101 Å². The van der Waals surface area contributed by atoms with E-state index in [1.165, 1.54) is 18.4 Å². The van der Waals surface area contributed by atoms with Crippen molar-refractivity contribution in [3.8, 4) is 0 Å². The predicted octanol–water partition coefficient (Wildman–Crippen LogP) is 4.05. The average molecular weight is 244 g/mol. The Morgan fingerprint density at radius 1 is 1.27 bits per heavy atom. The lowest BCUT2D eigenvalue weighted by Gasteiger charge is -2.28. The number of nitrogens with one attached hydrogen (secondary N) is 1. The molecule has 0 spiro atoms. The third-order valence-corrected chi connectivity index (χ3v) is 3.75. The number of hydrogen-bond acceptors (Lipinski definition) is 1. The molecule has 0 saturated carbocycles. The Morgan fingerprint density at radius 3 is 2.73 bits per heavy atom. The van der Waals surface area contributed by atoms with Crippen LogP contribution in [-0.4, -0.2) is 6.54 Å². The van der Waals surface area contributed by atoms with Gasteiger partial charge in [0.15, 0.2) is 0 Å². The monoisotopic (exact) mass is 243 g/mol. The average Bonchev–Trinajstić information content (AvgIpc) is 2.22. The second kappa shape index (κ2) is 4.73. The number of hydrogen-bond donors (Lipinski definition) is 1. The van der Waals surface area contributed by atoms with Gasteiger partial charge in [-0.2, -0.15) is 0 Å². The summed E-state index contributed by atoms with van der Waals surface area (Å²) in [6.07, 6.45) is 2.44. The molecular weight excluding hydrogens is 229 g/mol. The van der Waals surface area contributed by atoms with Crippen LogP contribution < -0.4 is 5.32 Å². The second-order valence-corrected chi connectivity index (χ2v) is 5.12. The van der Waals surface area contributed by atoms with E-state index in [4.69, 9.17) is 23.2 Å². The Kier molecular flexibility index (Phi) is 3.55. The third-order valence-electron chi connectivity index (χ3n) is 3.01. The Balaban J connectivity index is 2.18. The van der Waals surface area contributed by atoms with Gasteiger partial charge in [-0.3, -0.25) is 0 Å². The fraction of sp³-hybridized carbons (Fsp3) is 0.500. The summed E-state index contributed by atoms with van der Waals surface area (Å²) in [6.45, 7) is 3.39. The highest BCUT2D eigenvalue weighted by molar-refractivity contribution is 6.42. The van der Waals surface area contributed by atoms with Gasteiger partial charge >= 0.3 is 0 Å². The summed E-state index contributed by atoms with van der Waals surface area (Å²) in [5, 5.41) is 4.79. The quantitative estimate of drug-likeness (QED) is 0.785. The van der Waals surface area contributed by atoms with Crippen LogP contribution in [0.15, 0.2) is 18.2 Å². The Bertz CT molecular complexity index is 351. The molecule has 0 aliphatic carbocycles. The minimum Gasteiger partial charge on any atom is -0.310 e. The van der Waals surface area contributed by atoms with Gasteiger partial charge < -0.3 is 5.32 Å². The molecule has 1 heterocycles. The lowest BCUT2D eigenvalue weighted by atomic mass is 9.90. The second-order valence-electron chi connectivity index (χ2n) is 4.31. The van der Waals surface area contributed by atoms with E-state index < -0.39 is 0 Å². The molecule has 0 bridgehead atoms. The maximum absolute atomic E-state index is 6.01. The molecule has 1 N–H and O–H groups in total. The van der Waals surface area contributed by atoms with Crippen LogP contribution in [0.25, 0.3) is 0 Å². The van der Waals surface area contributed by atoms with Crippen molar-refractivity contribution in [1.82, 2.24) is 5.32 Å². The first-order valence-electron chi connectivity index (χ1n) is 5.35. The highest BCUT2D eigenvalue weighted by Crippen LogP contribution is 2.30. The minimum atomic E-state index is 0.434. The highest BCUT2D eigenvalue weighted by Gasteiger charge is 2.19. The van der Waals surface area contributed by atoms with Crippen molar-refractivity contribution in [2.75, 3.05) is 6.54 Å². The van der Waals surface area contributed by atoms with E-state index >= 15 is 0 Å². The number of benzene rings is 1. The largest absolute Gasteiger partial charge is 0.310 e. The molecule has 2 rings (SSSR count). The zero-order valence-electron chi connectivity index (χ0n) is 8.76. The third kappa shape index (κ3) is 2.66. The first-order chi connectivity index (χ1) is 7.16. The Morgan fingerprint density at radius 2 is 2.07 bits per heavy atom. The van der Waals surface area contributed by atoms with Gasteiger partial charge in [0, 0.05) is 6.04 Å². The number of rotatable bonds is 1. The topological polar surface area (TPSA) is 12.0 Å². The molecule has 3 heteroatoms. The summed E-state index contributed by atoms with van der Waals surface area (Å²) in [5.41, 5.74) is 1.25. The van der Waals surface area contributed by atoms with Gasteiger partial charge in [-0.25, -0.2) is 0 Å². The van der Waals surface area contributed by atoms with Gasteiger partial charge in [-0.05, 0) is 43.0 Å². The van der Waals surface area contributed by atoms with Crippen LogP contribution in [0, 0.1) is 5.92 Å². The lowest BCUT2D eigenvalue weighted by Crippen LogP contribution is -2.30.